The third-order valence-corrected chi connectivity index (χ3v) is 18.1. The van der Waals surface area contributed by atoms with E-state index in [-0.39, 0.29) is 130 Å². The fourth-order valence-corrected chi connectivity index (χ4v) is 16.3. The Balaban J connectivity index is -0.000000215. The minimum Gasteiger partial charge on any atom is -0.366 e. The quantitative estimate of drug-likeness (QED) is 0.227. The largest absolute Gasteiger partial charge is 0.366 e. The van der Waals surface area contributed by atoms with Crippen LogP contribution in [0.1, 0.15) is 210 Å². The lowest BCUT2D eigenvalue weighted by Gasteiger charge is -2.59. The maximum absolute atomic E-state index is 11.9. The molecular weight excluding hydrogens is 797 g/mol. The molecule has 4 heteroatoms. The van der Waals surface area contributed by atoms with Gasteiger partial charge in [-0.1, -0.05) is 182 Å². The minimum absolute atomic E-state index is 0. The van der Waals surface area contributed by atoms with Gasteiger partial charge in [-0.25, -0.2) is 0 Å². The lowest BCUT2D eigenvalue weighted by Crippen LogP contribution is -2.56. The van der Waals surface area contributed by atoms with E-state index >= 15 is 0 Å². The van der Waals surface area contributed by atoms with Crippen molar-refractivity contribution in [2.45, 2.75) is 221 Å². The Kier molecular flexibility index (Phi) is 28.7. The molecule has 65 heavy (non-hydrogen) atoms. The highest BCUT2D eigenvalue weighted by Gasteiger charge is 2.78. The van der Waals surface area contributed by atoms with Gasteiger partial charge in [0.2, 0.25) is 0 Å². The lowest BCUT2D eigenvalue weighted by atomic mass is 9.47. The van der Waals surface area contributed by atoms with Crippen molar-refractivity contribution >= 4 is 11.6 Å². The fraction of sp³-hybridized carbons (Fsp3) is 0.803. The maximum Gasteiger partial charge on any atom is 0.155 e. The second-order valence-corrected chi connectivity index (χ2v) is 19.6. The molecule has 2 heterocycles. The zero-order chi connectivity index (χ0) is 33.1. The first-order valence-corrected chi connectivity index (χ1v) is 20.5. The van der Waals surface area contributed by atoms with Crippen LogP contribution >= 0.6 is 0 Å². The smallest absolute Gasteiger partial charge is 0.155 e. The molecule has 7 saturated carbocycles. The Bertz CT molecular complexity index is 1660. The van der Waals surface area contributed by atoms with E-state index in [4.69, 9.17) is 9.47 Å². The molecule has 0 saturated heterocycles. The van der Waals surface area contributed by atoms with Crippen LogP contribution in [0.2, 0.25) is 0 Å². The summed E-state index contributed by atoms with van der Waals surface area (Å²) in [6.07, 6.45) is 31.2. The monoisotopic (exact) mass is 917 g/mol. The summed E-state index contributed by atoms with van der Waals surface area (Å²) < 4.78 is 12.9. The normalized spacial score (nSPS) is 43.3. The molecule has 388 valence electrons. The van der Waals surface area contributed by atoms with Crippen LogP contribution in [0.15, 0.2) is 59.8 Å². The van der Waals surface area contributed by atoms with Crippen molar-refractivity contribution in [2.75, 3.05) is 13.2 Å². The number of hydrogen-bond acceptors (Lipinski definition) is 4. The van der Waals surface area contributed by atoms with Crippen molar-refractivity contribution < 1.29 is 19.1 Å². The third kappa shape index (κ3) is 9.52. The van der Waals surface area contributed by atoms with E-state index in [1.54, 1.807) is 0 Å². The summed E-state index contributed by atoms with van der Waals surface area (Å²) in [5.74, 6) is 10.8. The van der Waals surface area contributed by atoms with Crippen molar-refractivity contribution in [3.8, 4) is 0 Å². The third-order valence-electron chi connectivity index (χ3n) is 18.1. The van der Waals surface area contributed by atoms with Crippen molar-refractivity contribution in [2.24, 2.45) is 87.8 Å². The number of ketones is 2. The van der Waals surface area contributed by atoms with Gasteiger partial charge < -0.3 is 9.47 Å². The average Bonchev–Trinajstić information content (AvgIpc) is 3.88. The van der Waals surface area contributed by atoms with Crippen LogP contribution in [0.5, 0.6) is 0 Å². The number of hydrogen-bond donors (Lipinski definition) is 0. The van der Waals surface area contributed by atoms with E-state index in [0.29, 0.717) is 40.2 Å². The molecule has 0 aromatic rings. The van der Waals surface area contributed by atoms with Crippen LogP contribution < -0.4 is 0 Å². The van der Waals surface area contributed by atoms with E-state index in [0.717, 1.165) is 98.1 Å². The average molecular weight is 918 g/mol. The molecule has 7 fully saturated rings. The Hall–Kier alpha value is -2.04. The van der Waals surface area contributed by atoms with Crippen LogP contribution in [-0.2, 0) is 19.1 Å². The molecule has 2 spiro atoms. The van der Waals surface area contributed by atoms with E-state index in [2.05, 4.69) is 57.2 Å². The SMILES string of the molecule is C.C.C.C.C.C.C.C.C.C.C.C.C.C.C.C.C[C@@H]1CC2=CC(=O)CC[C@@H]2[C@H]2CC[C@@]3(C)[C@@H]([C@H]4C[C@H]4[C@@]34C=CCO4)[C@@H]21.C[C@]12CC[C@H]3[C@@H](C=CC4=CC(=O)CC[C@@H]43)[C@@H]1[C@H]1C[C@H]1[C@@]21C=CCO1. The number of ether oxygens (including phenoxy) is 2. The zero-order valence-corrected chi connectivity index (χ0v) is 29.9. The highest BCUT2D eigenvalue weighted by atomic mass is 16.5. The van der Waals surface area contributed by atoms with E-state index in [1.807, 2.05) is 12.2 Å². The first kappa shape index (κ1) is 74.5. The number of fused-ring (bicyclic) bond motifs is 18. The second-order valence-electron chi connectivity index (χ2n) is 19.6. The minimum atomic E-state index is 0. The highest BCUT2D eigenvalue weighted by Crippen LogP contribution is 2.79. The molecule has 17 atom stereocenters. The van der Waals surface area contributed by atoms with Gasteiger partial charge in [-0.15, -0.1) is 0 Å². The Labute approximate surface area is 411 Å². The van der Waals surface area contributed by atoms with Crippen LogP contribution in [0.3, 0.4) is 0 Å². The van der Waals surface area contributed by atoms with Crippen molar-refractivity contribution in [3.05, 3.63) is 59.8 Å². The summed E-state index contributed by atoms with van der Waals surface area (Å²) in [5, 5.41) is 0. The van der Waals surface area contributed by atoms with Gasteiger partial charge in [0.1, 0.15) is 0 Å². The first-order chi connectivity index (χ1) is 23.7. The van der Waals surface area contributed by atoms with Gasteiger partial charge in [0.15, 0.2) is 11.6 Å². The van der Waals surface area contributed by atoms with Crippen LogP contribution in [-0.4, -0.2) is 36.0 Å². The summed E-state index contributed by atoms with van der Waals surface area (Å²) in [7, 11) is 0. The van der Waals surface area contributed by atoms with Gasteiger partial charge in [0, 0.05) is 23.7 Å². The summed E-state index contributed by atoms with van der Waals surface area (Å²) in [6, 6.07) is 0. The number of rotatable bonds is 0. The molecule has 0 radical (unpaired) electrons. The molecule has 12 aliphatic rings. The standard InChI is InChI=1S/C23H30O2.C22H26O2.16CH4/c1-13-10-14-11-15(24)4-5-16(14)17-6-8-22(2)21(20(13)17)18-12-19(18)23(22)7-3-9-25-23;1-21-9-7-16-15-6-4-14(23)11-13(15)3-5-17(16)20(21)18-12-19(18)22(21)8-2-10-24-22;;;;;;;;;;;;;;;;/h3,7,11,13,16-21H,4-6,8-10,12H2,1-2H3;2-3,5,8,11,15-20H,4,6-7,9-10,12H2,1H3;16*1H4/t13-,16+,17-,18+,19-,20-,21+,22+,23+;15-,16+,17+,18-,19+,20+,21-,22-;;;;;;;;;;;;;;;;/m10................/s1. The first-order valence-electron chi connectivity index (χ1n) is 20.5. The van der Waals surface area contributed by atoms with Crippen molar-refractivity contribution in [3.63, 3.8) is 0 Å². The maximum atomic E-state index is 11.9. The van der Waals surface area contributed by atoms with Crippen LogP contribution in [0.4, 0.5) is 0 Å². The lowest BCUT2D eigenvalue weighted by molar-refractivity contribution is -0.140. The van der Waals surface area contributed by atoms with E-state index in [1.165, 1.54) is 56.1 Å². The zero-order valence-electron chi connectivity index (χ0n) is 29.9. The predicted molar refractivity (Wildman–Crippen MR) is 297 cm³/mol. The summed E-state index contributed by atoms with van der Waals surface area (Å²) in [6.45, 7) is 9.21. The van der Waals surface area contributed by atoms with E-state index < -0.39 is 0 Å². The van der Waals surface area contributed by atoms with Gasteiger partial charge in [-0.2, -0.15) is 0 Å². The molecule has 2 aliphatic heterocycles. The van der Waals surface area contributed by atoms with Crippen molar-refractivity contribution in [1.82, 2.24) is 0 Å². The van der Waals surface area contributed by atoms with Gasteiger partial charge >= 0.3 is 0 Å². The Morgan fingerprint density at radius 1 is 0.554 bits per heavy atom. The molecule has 0 amide bonds. The summed E-state index contributed by atoms with van der Waals surface area (Å²) >= 11 is 0. The van der Waals surface area contributed by atoms with Crippen molar-refractivity contribution in [1.29, 1.82) is 0 Å². The Morgan fingerprint density at radius 2 is 1.02 bits per heavy atom. The topological polar surface area (TPSA) is 52.6 Å². The van der Waals surface area contributed by atoms with Gasteiger partial charge in [0.05, 0.1) is 24.4 Å². The molecule has 10 aliphatic carbocycles. The number of carbonyl (C=O) groups excluding carboxylic acids is 2. The molecule has 0 aromatic heterocycles. The molecular formula is C61H120O4. The predicted octanol–water partition coefficient (Wildman–Crippen LogP) is 18.8. The number of carbonyl (C=O) groups is 2. The molecule has 0 N–H and O–H groups in total. The summed E-state index contributed by atoms with van der Waals surface area (Å²) in [4.78, 5) is 23.8. The molecule has 12 rings (SSSR count). The number of allylic oxidation sites excluding steroid dienone is 5. The molecule has 4 nitrogen and oxygen atoms in total. The van der Waals surface area contributed by atoms with Gasteiger partial charge in [-0.05, 0) is 152 Å². The second kappa shape index (κ2) is 25.0. The summed E-state index contributed by atoms with van der Waals surface area (Å²) in [5.41, 5.74) is 3.59. The molecule has 0 bridgehead atoms. The molecule has 0 unspecified atom stereocenters. The van der Waals surface area contributed by atoms with E-state index in [9.17, 15) is 9.59 Å². The van der Waals surface area contributed by atoms with Gasteiger partial charge in [0.25, 0.3) is 0 Å². The Morgan fingerprint density at radius 3 is 1.52 bits per heavy atom. The molecule has 0 aromatic carbocycles. The van der Waals surface area contributed by atoms with Gasteiger partial charge in [-0.3, -0.25) is 9.59 Å². The highest BCUT2D eigenvalue weighted by molar-refractivity contribution is 5.92. The fourth-order valence-electron chi connectivity index (χ4n) is 16.3. The van der Waals surface area contributed by atoms with Crippen LogP contribution in [0.25, 0.3) is 0 Å². The van der Waals surface area contributed by atoms with Crippen LogP contribution in [0, 0.1) is 87.8 Å².